The molecule has 1 aliphatic heterocycles. The molecule has 1 aliphatic carbocycles. The van der Waals surface area contributed by atoms with Gasteiger partial charge in [-0.25, -0.2) is 15.0 Å². The molecule has 37 heavy (non-hydrogen) atoms. The molecule has 0 radical (unpaired) electrons. The van der Waals surface area contributed by atoms with Crippen LogP contribution >= 0.6 is 0 Å². The van der Waals surface area contributed by atoms with Gasteiger partial charge < -0.3 is 20.6 Å². The van der Waals surface area contributed by atoms with Gasteiger partial charge in [-0.3, -0.25) is 10.1 Å². The number of hydrogen-bond acceptors (Lipinski definition) is 8. The van der Waals surface area contributed by atoms with Gasteiger partial charge >= 0.3 is 0 Å². The molecule has 6 rings (SSSR count). The number of carbonyl (C=O) groups is 1. The second-order valence-electron chi connectivity index (χ2n) is 9.33. The number of hydrogen-bond donors (Lipinski definition) is 4. The van der Waals surface area contributed by atoms with Gasteiger partial charge in [-0.15, -0.1) is 0 Å². The molecule has 4 N–H and O–H groups in total. The van der Waals surface area contributed by atoms with Crippen LogP contribution in [0.2, 0.25) is 0 Å². The number of benzene rings is 2. The highest BCUT2D eigenvalue weighted by Gasteiger charge is 2.57. The van der Waals surface area contributed by atoms with E-state index in [1.54, 1.807) is 18.3 Å². The van der Waals surface area contributed by atoms with Crippen LogP contribution in [0.1, 0.15) is 22.4 Å². The van der Waals surface area contributed by atoms with Crippen LogP contribution in [0.5, 0.6) is 0 Å². The maximum atomic E-state index is 13.1. The summed E-state index contributed by atoms with van der Waals surface area (Å²) >= 11 is 0. The van der Waals surface area contributed by atoms with Crippen molar-refractivity contribution in [2.75, 3.05) is 23.7 Å². The first-order valence-electron chi connectivity index (χ1n) is 12.3. The molecule has 2 aromatic heterocycles. The van der Waals surface area contributed by atoms with Gasteiger partial charge in [0.1, 0.15) is 17.7 Å². The van der Waals surface area contributed by atoms with Crippen LogP contribution in [0.4, 0.5) is 23.1 Å². The first kappa shape index (κ1) is 23.1. The lowest BCUT2D eigenvalue weighted by Crippen LogP contribution is -2.37. The van der Waals surface area contributed by atoms with E-state index in [4.69, 9.17) is 0 Å². The van der Waals surface area contributed by atoms with Crippen LogP contribution in [0.15, 0.2) is 91.1 Å². The van der Waals surface area contributed by atoms with Crippen molar-refractivity contribution in [3.63, 3.8) is 0 Å². The van der Waals surface area contributed by atoms with Gasteiger partial charge in [-0.05, 0) is 54.3 Å². The first-order chi connectivity index (χ1) is 18.1. The van der Waals surface area contributed by atoms with E-state index in [0.29, 0.717) is 48.1 Å². The van der Waals surface area contributed by atoms with E-state index in [0.717, 1.165) is 11.4 Å². The number of pyridine rings is 1. The Labute approximate surface area is 214 Å². The Balaban J connectivity index is 1.03. The number of fused-ring (bicyclic) bond motifs is 1. The molecule has 4 aromatic rings. The van der Waals surface area contributed by atoms with E-state index in [9.17, 15) is 9.90 Å². The molecule has 3 unspecified atom stereocenters. The second-order valence-corrected chi connectivity index (χ2v) is 9.33. The fourth-order valence-electron chi connectivity index (χ4n) is 4.90. The van der Waals surface area contributed by atoms with Crippen molar-refractivity contribution in [2.24, 2.45) is 11.8 Å². The lowest BCUT2D eigenvalue weighted by molar-refractivity contribution is 0.0753. The molecule has 1 amide bonds. The van der Waals surface area contributed by atoms with Crippen LogP contribution in [0.25, 0.3) is 0 Å². The summed E-state index contributed by atoms with van der Waals surface area (Å²) in [6, 6.07) is 26.7. The number of para-hydroxylation sites is 2. The van der Waals surface area contributed by atoms with Crippen molar-refractivity contribution in [3.05, 3.63) is 103 Å². The van der Waals surface area contributed by atoms with Gasteiger partial charge in [0.25, 0.3) is 5.91 Å². The molecule has 2 aromatic carbocycles. The number of carbonyl (C=O) groups excluding carboxylic acids is 1. The quantitative estimate of drug-likeness (QED) is 0.275. The van der Waals surface area contributed by atoms with Gasteiger partial charge in [0.2, 0.25) is 5.95 Å². The maximum absolute atomic E-state index is 13.1. The minimum Gasteiger partial charge on any atom is -0.373 e. The van der Waals surface area contributed by atoms with Gasteiger partial charge in [0.05, 0.1) is 5.69 Å². The van der Waals surface area contributed by atoms with E-state index in [2.05, 4.69) is 30.9 Å². The van der Waals surface area contributed by atoms with Crippen molar-refractivity contribution in [2.45, 2.75) is 12.3 Å². The largest absolute Gasteiger partial charge is 0.373 e. The third kappa shape index (κ3) is 5.13. The van der Waals surface area contributed by atoms with E-state index in [-0.39, 0.29) is 11.9 Å². The smallest absolute Gasteiger partial charge is 0.272 e. The number of piperidine rings is 1. The van der Waals surface area contributed by atoms with Crippen LogP contribution in [0, 0.1) is 11.8 Å². The second kappa shape index (κ2) is 9.96. The summed E-state index contributed by atoms with van der Waals surface area (Å²) in [5, 5.41) is 20.4. The Kier molecular flexibility index (Phi) is 6.21. The Morgan fingerprint density at radius 2 is 1.51 bits per heavy atom. The van der Waals surface area contributed by atoms with Crippen molar-refractivity contribution in [1.29, 1.82) is 0 Å². The third-order valence-corrected chi connectivity index (χ3v) is 6.83. The summed E-state index contributed by atoms with van der Waals surface area (Å²) in [5.41, 5.74) is 2.71. The zero-order chi connectivity index (χ0) is 25.2. The monoisotopic (exact) mass is 493 g/mol. The Bertz CT molecular complexity index is 1370. The average molecular weight is 494 g/mol. The molecule has 4 atom stereocenters. The van der Waals surface area contributed by atoms with Crippen molar-refractivity contribution >= 4 is 29.0 Å². The zero-order valence-corrected chi connectivity index (χ0v) is 20.0. The normalized spacial score (nSPS) is 20.7. The van der Waals surface area contributed by atoms with Crippen LogP contribution in [0.3, 0.4) is 0 Å². The molecule has 1 saturated carbocycles. The molecule has 3 heterocycles. The topological polar surface area (TPSA) is 115 Å². The molecular formula is C28H27N7O2. The SMILES string of the molecule is O=C(c1cccc(Nc2ccccc2)n1)N1CC2C(NC(O)c3ccnc(Nc4ccccc4)n3)[C@@H]2C1. The number of aliphatic hydroxyl groups is 1. The number of aromatic nitrogens is 3. The van der Waals surface area contributed by atoms with E-state index < -0.39 is 6.23 Å². The Hall–Kier alpha value is -4.34. The molecule has 0 bridgehead atoms. The zero-order valence-electron chi connectivity index (χ0n) is 20.0. The number of nitrogens with one attached hydrogen (secondary N) is 3. The molecule has 9 nitrogen and oxygen atoms in total. The number of likely N-dealkylation sites (tertiary alicyclic amines) is 1. The number of aliphatic hydroxyl groups excluding tert-OH is 1. The minimum atomic E-state index is -0.915. The molecular weight excluding hydrogens is 466 g/mol. The van der Waals surface area contributed by atoms with E-state index in [1.165, 1.54) is 0 Å². The van der Waals surface area contributed by atoms with Gasteiger partial charge in [0.15, 0.2) is 0 Å². The van der Waals surface area contributed by atoms with E-state index in [1.807, 2.05) is 77.7 Å². The highest BCUT2D eigenvalue weighted by molar-refractivity contribution is 5.93. The fraction of sp³-hybridized carbons (Fsp3) is 0.214. The van der Waals surface area contributed by atoms with Gasteiger partial charge in [-0.1, -0.05) is 42.5 Å². The number of nitrogens with zero attached hydrogens (tertiary/aromatic N) is 4. The lowest BCUT2D eigenvalue weighted by Gasteiger charge is -2.21. The van der Waals surface area contributed by atoms with Crippen LogP contribution in [-0.4, -0.2) is 50.0 Å². The molecule has 9 heteroatoms. The Morgan fingerprint density at radius 3 is 2.22 bits per heavy atom. The fourth-order valence-corrected chi connectivity index (χ4v) is 4.90. The highest BCUT2D eigenvalue weighted by atomic mass is 16.3. The molecule has 0 spiro atoms. The van der Waals surface area contributed by atoms with Crippen molar-refractivity contribution in [3.8, 4) is 0 Å². The lowest BCUT2D eigenvalue weighted by atomic mass is 10.2. The summed E-state index contributed by atoms with van der Waals surface area (Å²) in [4.78, 5) is 28.2. The van der Waals surface area contributed by atoms with Gasteiger partial charge in [-0.2, -0.15) is 0 Å². The summed E-state index contributed by atoms with van der Waals surface area (Å²) in [6.07, 6.45) is 0.710. The molecule has 2 aliphatic rings. The predicted molar refractivity (Wildman–Crippen MR) is 140 cm³/mol. The highest BCUT2D eigenvalue weighted by Crippen LogP contribution is 2.46. The number of anilines is 4. The maximum Gasteiger partial charge on any atom is 0.272 e. The van der Waals surface area contributed by atoms with E-state index >= 15 is 0 Å². The summed E-state index contributed by atoms with van der Waals surface area (Å²) < 4.78 is 0. The molecule has 1 saturated heterocycles. The standard InChI is InChI=1S/C28H27N7O2/c36-26(22-14-15-29-28(33-22)31-19-10-5-2-6-11-19)34-25-20-16-35(17-21(20)25)27(37)23-12-7-13-24(32-23)30-18-8-3-1-4-9-18/h1-15,20-21,25-26,34,36H,16-17H2,(H,30,32)(H,29,31,33)/t20-,21?,25?,26?/m1/s1. The summed E-state index contributed by atoms with van der Waals surface area (Å²) in [7, 11) is 0. The first-order valence-corrected chi connectivity index (χ1v) is 12.3. The summed E-state index contributed by atoms with van der Waals surface area (Å²) in [5.74, 6) is 1.58. The number of amides is 1. The van der Waals surface area contributed by atoms with Crippen LogP contribution < -0.4 is 16.0 Å². The number of rotatable bonds is 8. The minimum absolute atomic E-state index is 0.0735. The third-order valence-electron chi connectivity index (χ3n) is 6.83. The predicted octanol–water partition coefficient (Wildman–Crippen LogP) is 3.71. The van der Waals surface area contributed by atoms with Gasteiger partial charge in [0, 0.05) is 36.7 Å². The molecule has 186 valence electrons. The average Bonchev–Trinajstić information content (AvgIpc) is 3.36. The van der Waals surface area contributed by atoms with Crippen LogP contribution in [-0.2, 0) is 0 Å². The summed E-state index contributed by atoms with van der Waals surface area (Å²) in [6.45, 7) is 1.27. The molecule has 2 fully saturated rings. The van der Waals surface area contributed by atoms with Crippen molar-refractivity contribution in [1.82, 2.24) is 25.2 Å². The van der Waals surface area contributed by atoms with Crippen molar-refractivity contribution < 1.29 is 9.90 Å². The Morgan fingerprint density at radius 1 is 0.838 bits per heavy atom.